The second-order valence-electron chi connectivity index (χ2n) is 8.65. The maximum atomic E-state index is 12.8. The Morgan fingerprint density at radius 2 is 1.97 bits per heavy atom. The lowest BCUT2D eigenvalue weighted by Gasteiger charge is -2.34. The molecule has 0 radical (unpaired) electrons. The fraction of sp³-hybridized carbons (Fsp3) is 0.522. The van der Waals surface area contributed by atoms with Crippen molar-refractivity contribution in [3.63, 3.8) is 0 Å². The van der Waals surface area contributed by atoms with E-state index < -0.39 is 0 Å². The van der Waals surface area contributed by atoms with Crippen molar-refractivity contribution in [1.29, 1.82) is 0 Å². The molecule has 1 amide bonds. The lowest BCUT2D eigenvalue weighted by atomic mass is 9.87. The van der Waals surface area contributed by atoms with Crippen LogP contribution in [0.25, 0.3) is 10.7 Å². The second-order valence-corrected chi connectivity index (χ2v) is 10.7. The van der Waals surface area contributed by atoms with E-state index >= 15 is 0 Å². The van der Waals surface area contributed by atoms with Crippen LogP contribution < -0.4 is 4.90 Å². The largest absolute Gasteiger partial charge is 0.338 e. The van der Waals surface area contributed by atoms with E-state index in [2.05, 4.69) is 38.1 Å². The maximum absolute atomic E-state index is 12.8. The number of hydrogen-bond acceptors (Lipinski definition) is 8. The highest BCUT2D eigenvalue weighted by atomic mass is 32.2. The van der Waals surface area contributed by atoms with Crippen molar-refractivity contribution in [3.8, 4) is 10.7 Å². The lowest BCUT2D eigenvalue weighted by molar-refractivity contribution is -0.128. The van der Waals surface area contributed by atoms with Crippen LogP contribution in [0.4, 0.5) is 5.95 Å². The quantitative estimate of drug-likeness (QED) is 0.498. The van der Waals surface area contributed by atoms with Crippen molar-refractivity contribution in [3.05, 3.63) is 35.0 Å². The van der Waals surface area contributed by atoms with Gasteiger partial charge in [-0.1, -0.05) is 25.1 Å². The first-order valence-electron chi connectivity index (χ1n) is 11.6. The van der Waals surface area contributed by atoms with Crippen molar-refractivity contribution in [2.24, 2.45) is 13.0 Å². The smallest absolute Gasteiger partial charge is 0.233 e. The first-order valence-corrected chi connectivity index (χ1v) is 13.4. The van der Waals surface area contributed by atoms with Crippen molar-refractivity contribution in [2.45, 2.75) is 37.8 Å². The number of aryl methyl sites for hydroxylation is 1. The summed E-state index contributed by atoms with van der Waals surface area (Å²) < 4.78 is 2.03. The van der Waals surface area contributed by atoms with Crippen molar-refractivity contribution < 1.29 is 4.79 Å². The van der Waals surface area contributed by atoms with Crippen LogP contribution in [0.5, 0.6) is 0 Å². The van der Waals surface area contributed by atoms with Gasteiger partial charge in [-0.15, -0.1) is 21.5 Å². The van der Waals surface area contributed by atoms with Gasteiger partial charge in [0.15, 0.2) is 11.0 Å². The number of aromatic nitrogens is 5. The van der Waals surface area contributed by atoms with E-state index in [-0.39, 0.29) is 5.91 Å². The number of carbonyl (C=O) groups is 1. The highest BCUT2D eigenvalue weighted by molar-refractivity contribution is 7.99. The molecule has 3 aromatic rings. The van der Waals surface area contributed by atoms with E-state index in [9.17, 15) is 4.79 Å². The van der Waals surface area contributed by atoms with Crippen molar-refractivity contribution >= 4 is 35.0 Å². The van der Waals surface area contributed by atoms with Gasteiger partial charge in [-0.3, -0.25) is 4.79 Å². The number of hydrogen-bond donors (Lipinski definition) is 0. The Bertz CT molecular complexity index is 1110. The van der Waals surface area contributed by atoms with Gasteiger partial charge in [0.2, 0.25) is 11.9 Å². The van der Waals surface area contributed by atoms with E-state index in [0.717, 1.165) is 35.9 Å². The fourth-order valence-electron chi connectivity index (χ4n) is 4.54. The average Bonchev–Trinajstić information content (AvgIpc) is 3.45. The molecule has 0 saturated carbocycles. The summed E-state index contributed by atoms with van der Waals surface area (Å²) in [6.07, 6.45) is 8.39. The Balaban J connectivity index is 1.17. The van der Waals surface area contributed by atoms with Crippen LogP contribution in [0.3, 0.4) is 0 Å². The molecule has 10 heteroatoms. The topological polar surface area (TPSA) is 80.0 Å². The third-order valence-corrected chi connectivity index (χ3v) is 8.85. The molecule has 2 aliphatic rings. The lowest BCUT2D eigenvalue weighted by Crippen LogP contribution is -2.49. The second kappa shape index (κ2) is 9.80. The van der Waals surface area contributed by atoms with Gasteiger partial charge in [0.05, 0.1) is 10.6 Å². The standard InChI is InChI=1S/C23H29N7OS2/c1-3-16-5-6-18-17(13-16)14-19(33-18)21-26-27-23(28(21)2)32-15-20(31)29-9-11-30(12-10-29)22-24-7-4-8-25-22/h4,7-8,14,16H,3,5-6,9-13,15H2,1-2H3. The predicted molar refractivity (Wildman–Crippen MR) is 132 cm³/mol. The predicted octanol–water partition coefficient (Wildman–Crippen LogP) is 3.29. The molecule has 33 heavy (non-hydrogen) atoms. The summed E-state index contributed by atoms with van der Waals surface area (Å²) in [5, 5.41) is 9.63. The number of thiophene rings is 1. The molecule has 1 aliphatic heterocycles. The number of nitrogens with zero attached hydrogens (tertiary/aromatic N) is 7. The normalized spacial score (nSPS) is 18.4. The molecule has 174 valence electrons. The minimum absolute atomic E-state index is 0.135. The van der Waals surface area contributed by atoms with E-state index in [1.807, 2.05) is 33.9 Å². The van der Waals surface area contributed by atoms with Crippen molar-refractivity contribution in [1.82, 2.24) is 29.6 Å². The first kappa shape index (κ1) is 22.3. The van der Waals surface area contributed by atoms with Gasteiger partial charge >= 0.3 is 0 Å². The van der Waals surface area contributed by atoms with Crippen LogP contribution in [0.1, 0.15) is 30.2 Å². The number of fused-ring (bicyclic) bond motifs is 1. The third kappa shape index (κ3) is 4.77. The molecule has 1 atom stereocenters. The average molecular weight is 484 g/mol. The SMILES string of the molecule is CCC1CCc2sc(-c3nnc(SCC(=O)N4CCN(c5ncccn5)CC4)n3C)cc2C1. The molecule has 1 aliphatic carbocycles. The number of carbonyl (C=O) groups excluding carboxylic acids is 1. The molecule has 4 heterocycles. The molecule has 5 rings (SSSR count). The zero-order chi connectivity index (χ0) is 22.8. The minimum Gasteiger partial charge on any atom is -0.338 e. The molecule has 8 nitrogen and oxygen atoms in total. The van der Waals surface area contributed by atoms with Crippen LogP contribution in [-0.4, -0.2) is 67.5 Å². The van der Waals surface area contributed by atoms with Crippen molar-refractivity contribution in [2.75, 3.05) is 36.8 Å². The molecule has 1 saturated heterocycles. The molecule has 3 aromatic heterocycles. The molecule has 1 fully saturated rings. The molecular formula is C23H29N7OS2. The van der Waals surface area contributed by atoms with Crippen LogP contribution in [0.2, 0.25) is 0 Å². The summed E-state index contributed by atoms with van der Waals surface area (Å²) in [6.45, 7) is 5.14. The Labute approximate surface area is 202 Å². The minimum atomic E-state index is 0.135. The summed E-state index contributed by atoms with van der Waals surface area (Å²) in [5.74, 6) is 2.93. The molecular weight excluding hydrogens is 454 g/mol. The highest BCUT2D eigenvalue weighted by Crippen LogP contribution is 2.38. The Morgan fingerprint density at radius 1 is 1.18 bits per heavy atom. The summed E-state index contributed by atoms with van der Waals surface area (Å²) in [6, 6.07) is 4.12. The van der Waals surface area contributed by atoms with Gasteiger partial charge < -0.3 is 14.4 Å². The van der Waals surface area contributed by atoms with Gasteiger partial charge in [-0.05, 0) is 42.9 Å². The van der Waals surface area contributed by atoms with E-state index in [1.54, 1.807) is 12.4 Å². The third-order valence-electron chi connectivity index (χ3n) is 6.61. The number of anilines is 1. The Hall–Kier alpha value is -2.46. The Kier molecular flexibility index (Phi) is 6.64. The van der Waals surface area contributed by atoms with E-state index in [1.165, 1.54) is 52.8 Å². The number of piperazine rings is 1. The monoisotopic (exact) mass is 483 g/mol. The molecule has 1 unspecified atom stereocenters. The first-order chi connectivity index (χ1) is 16.1. The number of amides is 1. The van der Waals surface area contributed by atoms with Crippen LogP contribution in [0, 0.1) is 5.92 Å². The van der Waals surface area contributed by atoms with Gasteiger partial charge in [0.25, 0.3) is 0 Å². The van der Waals surface area contributed by atoms with Crippen LogP contribution in [0.15, 0.2) is 29.7 Å². The molecule has 0 spiro atoms. The summed E-state index contributed by atoms with van der Waals surface area (Å²) >= 11 is 3.32. The van der Waals surface area contributed by atoms with Crippen LogP contribution in [-0.2, 0) is 24.7 Å². The molecule has 0 bridgehead atoms. The van der Waals surface area contributed by atoms with E-state index in [0.29, 0.717) is 18.8 Å². The maximum Gasteiger partial charge on any atom is 0.233 e. The van der Waals surface area contributed by atoms with Gasteiger partial charge in [0, 0.05) is 50.5 Å². The Morgan fingerprint density at radius 3 is 2.73 bits per heavy atom. The fourth-order valence-corrected chi connectivity index (χ4v) is 6.58. The van der Waals surface area contributed by atoms with Gasteiger partial charge in [-0.25, -0.2) is 9.97 Å². The zero-order valence-corrected chi connectivity index (χ0v) is 20.7. The number of rotatable bonds is 6. The van der Waals surface area contributed by atoms with Crippen LogP contribution >= 0.6 is 23.1 Å². The van der Waals surface area contributed by atoms with Gasteiger partial charge in [-0.2, -0.15) is 0 Å². The summed E-state index contributed by atoms with van der Waals surface area (Å²) in [7, 11) is 1.99. The summed E-state index contributed by atoms with van der Waals surface area (Å²) in [5.41, 5.74) is 1.49. The van der Waals surface area contributed by atoms with E-state index in [4.69, 9.17) is 0 Å². The van der Waals surface area contributed by atoms with Gasteiger partial charge in [0.1, 0.15) is 0 Å². The highest BCUT2D eigenvalue weighted by Gasteiger charge is 2.25. The molecule has 0 N–H and O–H groups in total. The molecule has 0 aromatic carbocycles. The zero-order valence-electron chi connectivity index (χ0n) is 19.1. The number of thioether (sulfide) groups is 1. The summed E-state index contributed by atoms with van der Waals surface area (Å²) in [4.78, 5) is 28.1.